The van der Waals surface area contributed by atoms with Crippen LogP contribution >= 0.6 is 0 Å². The fraction of sp³-hybridized carbons (Fsp3) is 0.533. The maximum atomic E-state index is 11.7. The van der Waals surface area contributed by atoms with Gasteiger partial charge >= 0.3 is 5.97 Å². The Balaban J connectivity index is 2.20. The van der Waals surface area contributed by atoms with Crippen molar-refractivity contribution in [3.05, 3.63) is 35.9 Å². The van der Waals surface area contributed by atoms with Gasteiger partial charge < -0.3 is 15.6 Å². The minimum Gasteiger partial charge on any atom is -0.480 e. The summed E-state index contributed by atoms with van der Waals surface area (Å²) < 4.78 is 5.67. The molecule has 0 radical (unpaired) electrons. The van der Waals surface area contributed by atoms with E-state index in [4.69, 9.17) is 10.5 Å². The first kappa shape index (κ1) is 15.0. The summed E-state index contributed by atoms with van der Waals surface area (Å²) in [6, 6.07) is 9.00. The van der Waals surface area contributed by atoms with Gasteiger partial charge in [0.1, 0.15) is 0 Å². The molecule has 3 atom stereocenters. The minimum absolute atomic E-state index is 0.0903. The molecule has 0 spiro atoms. The second-order valence-corrected chi connectivity index (χ2v) is 5.59. The summed E-state index contributed by atoms with van der Waals surface area (Å²) in [6.07, 6.45) is 0.181. The van der Waals surface area contributed by atoms with Gasteiger partial charge in [-0.2, -0.15) is 0 Å². The van der Waals surface area contributed by atoms with Crippen LogP contribution in [0, 0.1) is 0 Å². The summed E-state index contributed by atoms with van der Waals surface area (Å²) in [5.41, 5.74) is 5.44. The van der Waals surface area contributed by atoms with Crippen molar-refractivity contribution in [1.82, 2.24) is 4.90 Å². The predicted octanol–water partition coefficient (Wildman–Crippen LogP) is 1.03. The normalized spacial score (nSPS) is 26.9. The average Bonchev–Trinajstić information content (AvgIpc) is 2.38. The van der Waals surface area contributed by atoms with Crippen LogP contribution in [-0.4, -0.2) is 47.8 Å². The zero-order chi connectivity index (χ0) is 14.8. The van der Waals surface area contributed by atoms with Gasteiger partial charge in [-0.05, 0) is 19.4 Å². The average molecular weight is 278 g/mol. The second kappa shape index (κ2) is 5.91. The van der Waals surface area contributed by atoms with Crippen molar-refractivity contribution in [3.63, 3.8) is 0 Å². The molecule has 3 unspecified atom stereocenters. The zero-order valence-corrected chi connectivity index (χ0v) is 12.0. The lowest BCUT2D eigenvalue weighted by atomic mass is 9.90. The van der Waals surface area contributed by atoms with Crippen LogP contribution in [0.4, 0.5) is 0 Å². The Morgan fingerprint density at radius 1 is 1.35 bits per heavy atom. The Morgan fingerprint density at radius 3 is 2.40 bits per heavy atom. The lowest BCUT2D eigenvalue weighted by Gasteiger charge is -2.39. The van der Waals surface area contributed by atoms with Crippen LogP contribution in [0.15, 0.2) is 30.3 Å². The van der Waals surface area contributed by atoms with Gasteiger partial charge in [-0.25, -0.2) is 4.79 Å². The number of benzene rings is 1. The van der Waals surface area contributed by atoms with E-state index in [9.17, 15) is 9.90 Å². The van der Waals surface area contributed by atoms with E-state index >= 15 is 0 Å². The van der Waals surface area contributed by atoms with Gasteiger partial charge in [0.15, 0.2) is 5.54 Å². The first-order valence-corrected chi connectivity index (χ1v) is 6.87. The summed E-state index contributed by atoms with van der Waals surface area (Å²) in [5, 5.41) is 9.57. The van der Waals surface area contributed by atoms with Crippen molar-refractivity contribution < 1.29 is 14.6 Å². The van der Waals surface area contributed by atoms with Gasteiger partial charge in [0.2, 0.25) is 0 Å². The topological polar surface area (TPSA) is 75.8 Å². The number of carbonyl (C=O) groups is 1. The van der Waals surface area contributed by atoms with Crippen LogP contribution in [0.2, 0.25) is 0 Å². The van der Waals surface area contributed by atoms with E-state index < -0.39 is 11.5 Å². The number of carboxylic acids is 1. The third kappa shape index (κ3) is 3.17. The summed E-state index contributed by atoms with van der Waals surface area (Å²) in [7, 11) is 0. The van der Waals surface area contributed by atoms with Crippen molar-refractivity contribution in [2.45, 2.75) is 31.6 Å². The Bertz CT molecular complexity index is 455. The zero-order valence-electron chi connectivity index (χ0n) is 12.0. The Labute approximate surface area is 119 Å². The summed E-state index contributed by atoms with van der Waals surface area (Å²) in [4.78, 5) is 13.7. The number of ether oxygens (including phenoxy) is 1. The third-order valence-corrected chi connectivity index (χ3v) is 3.64. The van der Waals surface area contributed by atoms with Crippen molar-refractivity contribution in [2.75, 3.05) is 19.6 Å². The lowest BCUT2D eigenvalue weighted by Crippen LogP contribution is -2.57. The maximum Gasteiger partial charge on any atom is 0.329 e. The van der Waals surface area contributed by atoms with Gasteiger partial charge in [-0.15, -0.1) is 0 Å². The predicted molar refractivity (Wildman–Crippen MR) is 76.4 cm³/mol. The van der Waals surface area contributed by atoms with E-state index in [-0.39, 0.29) is 18.8 Å². The highest BCUT2D eigenvalue weighted by Crippen LogP contribution is 2.22. The second-order valence-electron chi connectivity index (χ2n) is 5.59. The van der Waals surface area contributed by atoms with Gasteiger partial charge in [-0.3, -0.25) is 4.90 Å². The molecule has 1 aromatic rings. The van der Waals surface area contributed by atoms with Crippen LogP contribution in [0.1, 0.15) is 19.4 Å². The van der Waals surface area contributed by atoms with Gasteiger partial charge in [0.05, 0.1) is 12.2 Å². The molecule has 0 amide bonds. The van der Waals surface area contributed by atoms with Crippen molar-refractivity contribution in [1.29, 1.82) is 0 Å². The van der Waals surface area contributed by atoms with Gasteiger partial charge in [0, 0.05) is 19.6 Å². The molecule has 110 valence electrons. The first-order chi connectivity index (χ1) is 9.41. The molecule has 0 saturated carbocycles. The number of aliphatic carboxylic acids is 1. The maximum absolute atomic E-state index is 11.7. The van der Waals surface area contributed by atoms with E-state index in [1.807, 2.05) is 32.0 Å². The fourth-order valence-electron chi connectivity index (χ4n) is 2.78. The largest absolute Gasteiger partial charge is 0.480 e. The SMILES string of the molecule is CC1CN(CC(N)(C(=O)O)c2ccccc2)CC(C)O1. The number of hydrogen-bond acceptors (Lipinski definition) is 4. The molecule has 5 nitrogen and oxygen atoms in total. The molecule has 3 N–H and O–H groups in total. The third-order valence-electron chi connectivity index (χ3n) is 3.64. The van der Waals surface area contributed by atoms with Crippen molar-refractivity contribution in [3.8, 4) is 0 Å². The molecule has 1 heterocycles. The molecule has 0 bridgehead atoms. The van der Waals surface area contributed by atoms with Crippen molar-refractivity contribution >= 4 is 5.97 Å². The number of morpholine rings is 1. The number of rotatable bonds is 4. The smallest absolute Gasteiger partial charge is 0.329 e. The molecule has 1 saturated heterocycles. The van der Waals surface area contributed by atoms with Crippen LogP contribution in [0.5, 0.6) is 0 Å². The molecule has 5 heteroatoms. The molecule has 1 aromatic carbocycles. The molecule has 0 aromatic heterocycles. The molecule has 20 heavy (non-hydrogen) atoms. The molecule has 1 fully saturated rings. The van der Waals surface area contributed by atoms with E-state index in [1.54, 1.807) is 12.1 Å². The summed E-state index contributed by atoms with van der Waals surface area (Å²) in [5.74, 6) is -1.00. The summed E-state index contributed by atoms with van der Waals surface area (Å²) in [6.45, 7) is 5.66. The van der Waals surface area contributed by atoms with Crippen LogP contribution < -0.4 is 5.73 Å². The number of carboxylic acid groups (broad SMARTS) is 1. The minimum atomic E-state index is -1.39. The first-order valence-electron chi connectivity index (χ1n) is 6.87. The highest BCUT2D eigenvalue weighted by Gasteiger charge is 2.39. The van der Waals surface area contributed by atoms with E-state index in [1.165, 1.54) is 0 Å². The molecular weight excluding hydrogens is 256 g/mol. The quantitative estimate of drug-likeness (QED) is 0.860. The number of hydrogen-bond donors (Lipinski definition) is 2. The standard InChI is InChI=1S/C15H22N2O3/c1-11-8-17(9-12(2)20-11)10-15(16,14(18)19)13-6-4-3-5-7-13/h3-7,11-12H,8-10,16H2,1-2H3,(H,18,19). The highest BCUT2D eigenvalue weighted by molar-refractivity contribution is 5.80. The van der Waals surface area contributed by atoms with E-state index in [0.29, 0.717) is 18.7 Å². The van der Waals surface area contributed by atoms with Crippen LogP contribution in [0.25, 0.3) is 0 Å². The Morgan fingerprint density at radius 2 is 1.90 bits per heavy atom. The highest BCUT2D eigenvalue weighted by atomic mass is 16.5. The van der Waals surface area contributed by atoms with Gasteiger partial charge in [0.25, 0.3) is 0 Å². The fourth-order valence-corrected chi connectivity index (χ4v) is 2.78. The lowest BCUT2D eigenvalue weighted by molar-refractivity contribution is -0.146. The number of nitrogens with two attached hydrogens (primary N) is 1. The Hall–Kier alpha value is -1.43. The van der Waals surface area contributed by atoms with Crippen LogP contribution in [-0.2, 0) is 15.1 Å². The van der Waals surface area contributed by atoms with E-state index in [2.05, 4.69) is 4.90 Å². The monoisotopic (exact) mass is 278 g/mol. The van der Waals surface area contributed by atoms with E-state index in [0.717, 1.165) is 0 Å². The van der Waals surface area contributed by atoms with Crippen LogP contribution in [0.3, 0.4) is 0 Å². The molecule has 2 rings (SSSR count). The molecular formula is C15H22N2O3. The molecule has 1 aliphatic rings. The van der Waals surface area contributed by atoms with Crippen molar-refractivity contribution in [2.24, 2.45) is 5.73 Å². The molecule has 0 aliphatic carbocycles. The van der Waals surface area contributed by atoms with Gasteiger partial charge in [-0.1, -0.05) is 30.3 Å². The molecule has 1 aliphatic heterocycles. The number of nitrogens with zero attached hydrogens (tertiary/aromatic N) is 1. The summed E-state index contributed by atoms with van der Waals surface area (Å²) >= 11 is 0. The Kier molecular flexibility index (Phi) is 4.42.